The van der Waals surface area contributed by atoms with Gasteiger partial charge >= 0.3 is 0 Å². The second-order valence-electron chi connectivity index (χ2n) is 8.86. The van der Waals surface area contributed by atoms with Gasteiger partial charge in [0.25, 0.3) is 0 Å². The molecule has 1 atom stereocenters. The number of nitrogens with two attached hydrogens (primary N) is 1. The fourth-order valence-electron chi connectivity index (χ4n) is 4.22. The minimum absolute atomic E-state index is 0.0795. The summed E-state index contributed by atoms with van der Waals surface area (Å²) in [5.74, 6) is 1.78. The van der Waals surface area contributed by atoms with Crippen LogP contribution in [0.5, 0.6) is 11.5 Å². The Bertz CT molecular complexity index is 1380. The van der Waals surface area contributed by atoms with Crippen molar-refractivity contribution in [2.24, 2.45) is 10.7 Å². The van der Waals surface area contributed by atoms with Gasteiger partial charge in [-0.25, -0.2) is 9.67 Å². The number of nitrogen functional groups attached to an aromatic ring is 1. The van der Waals surface area contributed by atoms with E-state index >= 15 is 0 Å². The van der Waals surface area contributed by atoms with Crippen molar-refractivity contribution in [1.29, 1.82) is 5.41 Å². The average molecular weight is 591 g/mol. The predicted octanol–water partition coefficient (Wildman–Crippen LogP) is 7.05. The number of aliphatic imine (C=N–C) groups is 1. The van der Waals surface area contributed by atoms with Crippen LogP contribution in [0.15, 0.2) is 84.9 Å². The number of nitrogens with one attached hydrogen (secondary N) is 1. The fraction of sp³-hybridized carbons (Fsp3) is 0.281. The molecule has 0 spiro atoms. The Labute approximate surface area is 252 Å². The van der Waals surface area contributed by atoms with Gasteiger partial charge in [-0.3, -0.25) is 15.0 Å². The normalized spacial score (nSPS) is 14.1. The Kier molecular flexibility index (Phi) is 13.9. The van der Waals surface area contributed by atoms with Crippen LogP contribution in [0.2, 0.25) is 0 Å². The van der Waals surface area contributed by atoms with Gasteiger partial charge in [-0.15, -0.1) is 0 Å². The number of halogens is 1. The molecule has 1 aliphatic rings. The molecule has 0 saturated carbocycles. The molecule has 0 bridgehead atoms. The number of amides is 1. The molecule has 1 aliphatic heterocycles. The van der Waals surface area contributed by atoms with E-state index < -0.39 is 5.24 Å². The molecule has 2 heterocycles. The number of benzene rings is 2. The molecule has 1 fully saturated rings. The minimum atomic E-state index is -0.509. The lowest BCUT2D eigenvalue weighted by molar-refractivity contribution is -0.127. The number of carbonyl (C=O) groups excluding carboxylic acids is 2. The van der Waals surface area contributed by atoms with Crippen LogP contribution in [-0.4, -0.2) is 51.0 Å². The van der Waals surface area contributed by atoms with E-state index in [0.29, 0.717) is 35.9 Å². The zero-order valence-corrected chi connectivity index (χ0v) is 25.2. The van der Waals surface area contributed by atoms with E-state index in [1.54, 1.807) is 11.1 Å². The molecule has 10 heteroatoms. The van der Waals surface area contributed by atoms with E-state index in [1.165, 1.54) is 6.08 Å². The molecule has 1 saturated heterocycles. The molecule has 0 aliphatic carbocycles. The highest BCUT2D eigenvalue weighted by Crippen LogP contribution is 2.36. The van der Waals surface area contributed by atoms with Crippen molar-refractivity contribution < 1.29 is 14.3 Å². The fourth-order valence-corrected chi connectivity index (χ4v) is 4.22. The summed E-state index contributed by atoms with van der Waals surface area (Å²) in [6.07, 6.45) is 6.59. The van der Waals surface area contributed by atoms with Crippen LogP contribution < -0.4 is 10.5 Å². The maximum Gasteiger partial charge on any atom is 0.246 e. The number of nitrogens with zero attached hydrogens (tertiary/aromatic N) is 4. The van der Waals surface area contributed by atoms with Gasteiger partial charge in [-0.05, 0) is 79.4 Å². The Morgan fingerprint density at radius 2 is 1.74 bits per heavy atom. The van der Waals surface area contributed by atoms with Crippen LogP contribution in [0.25, 0.3) is 11.3 Å². The Morgan fingerprint density at radius 1 is 1.12 bits per heavy atom. The van der Waals surface area contributed by atoms with Crippen LogP contribution in [0.1, 0.15) is 51.6 Å². The quantitative estimate of drug-likeness (QED) is 0.119. The summed E-state index contributed by atoms with van der Waals surface area (Å²) < 4.78 is 7.74. The van der Waals surface area contributed by atoms with Crippen LogP contribution in [0.3, 0.4) is 0 Å². The molecule has 4 rings (SSSR count). The Balaban J connectivity index is 0.000000797. The summed E-state index contributed by atoms with van der Waals surface area (Å²) in [4.78, 5) is 28.1. The summed E-state index contributed by atoms with van der Waals surface area (Å²) in [6.45, 7) is 13.9. The van der Waals surface area contributed by atoms with E-state index in [4.69, 9.17) is 32.6 Å². The van der Waals surface area contributed by atoms with Gasteiger partial charge in [0.05, 0.1) is 11.6 Å². The molecule has 2 aromatic carbocycles. The van der Waals surface area contributed by atoms with Crippen molar-refractivity contribution in [3.8, 4) is 22.8 Å². The highest BCUT2D eigenvalue weighted by molar-refractivity contribution is 6.66. The highest BCUT2D eigenvalue weighted by Gasteiger charge is 2.29. The van der Waals surface area contributed by atoms with E-state index in [0.717, 1.165) is 36.7 Å². The van der Waals surface area contributed by atoms with Crippen molar-refractivity contribution in [1.82, 2.24) is 14.7 Å². The molecule has 1 amide bonds. The van der Waals surface area contributed by atoms with Crippen LogP contribution in [-0.2, 0) is 9.59 Å². The zero-order chi connectivity index (χ0) is 31.1. The summed E-state index contributed by atoms with van der Waals surface area (Å²) in [5, 5.41) is 12.7. The zero-order valence-electron chi connectivity index (χ0n) is 24.4. The third-order valence-electron chi connectivity index (χ3n) is 6.05. The first kappa shape index (κ1) is 33.7. The van der Waals surface area contributed by atoms with Gasteiger partial charge in [-0.1, -0.05) is 52.1 Å². The number of rotatable bonds is 9. The SMILES string of the molecule is C=CC(=O)Cl.C=CC(=O)N1CCC[C@@H](n2nc(-c3ccc(Oc4ccccc4)cc3)c(C(=N)N)c2/N=C\CC)C1.CC. The lowest BCUT2D eigenvalue weighted by Crippen LogP contribution is -2.40. The molecular formula is C32H39ClN6O3. The number of hydrogen-bond donors (Lipinski definition) is 2. The first-order valence-corrected chi connectivity index (χ1v) is 14.2. The molecule has 3 aromatic rings. The monoisotopic (exact) mass is 590 g/mol. The largest absolute Gasteiger partial charge is 0.457 e. The number of carbonyl (C=O) groups is 2. The third-order valence-corrected chi connectivity index (χ3v) is 6.20. The topological polar surface area (TPSA) is 127 Å². The summed E-state index contributed by atoms with van der Waals surface area (Å²) >= 11 is 4.71. The minimum Gasteiger partial charge on any atom is -0.457 e. The maximum absolute atomic E-state index is 12.2. The standard InChI is InChI=1S/C27H30N6O2.C3H3ClO.C2H6/c1-3-16-30-27-24(26(28)29)25(31-33(27)20-9-8-17-32(18-20)23(34)4-2)19-12-14-22(15-13-19)35-21-10-6-5-7-11-21;1-2-3(4)5;1-2/h4-7,10-16,20H,2-3,8-9,17-18H2,1H3,(H3,28,29);2H,1H2;1-2H3/b30-16-;;/t20-;;/m1../s1. The Hall–Kier alpha value is -4.50. The highest BCUT2D eigenvalue weighted by atomic mass is 35.5. The molecule has 1 aromatic heterocycles. The van der Waals surface area contributed by atoms with Crippen molar-refractivity contribution >= 4 is 40.6 Å². The number of allylic oxidation sites excluding steroid dienone is 1. The molecule has 3 N–H and O–H groups in total. The van der Waals surface area contributed by atoms with Crippen molar-refractivity contribution in [3.63, 3.8) is 0 Å². The van der Waals surface area contributed by atoms with E-state index in [2.05, 4.69) is 18.2 Å². The third kappa shape index (κ3) is 9.27. The van der Waals surface area contributed by atoms with Gasteiger partial charge in [-0.2, -0.15) is 5.10 Å². The summed E-state index contributed by atoms with van der Waals surface area (Å²) in [5.41, 5.74) is 7.92. The van der Waals surface area contributed by atoms with Gasteiger partial charge in [0.2, 0.25) is 11.1 Å². The van der Waals surface area contributed by atoms with Gasteiger partial charge in [0.1, 0.15) is 23.0 Å². The lowest BCUT2D eigenvalue weighted by atomic mass is 10.0. The van der Waals surface area contributed by atoms with Gasteiger partial charge in [0.15, 0.2) is 5.82 Å². The second kappa shape index (κ2) is 17.3. The predicted molar refractivity (Wildman–Crippen MR) is 171 cm³/mol. The van der Waals surface area contributed by atoms with Gasteiger partial charge in [0, 0.05) is 24.9 Å². The van der Waals surface area contributed by atoms with Crippen molar-refractivity contribution in [3.05, 3.63) is 85.5 Å². The maximum atomic E-state index is 12.2. The summed E-state index contributed by atoms with van der Waals surface area (Å²) in [7, 11) is 0. The molecule has 0 unspecified atom stereocenters. The van der Waals surface area contributed by atoms with E-state index in [1.807, 2.05) is 80.1 Å². The number of hydrogen-bond acceptors (Lipinski definition) is 6. The molecule has 222 valence electrons. The van der Waals surface area contributed by atoms with Gasteiger partial charge < -0.3 is 15.4 Å². The second-order valence-corrected chi connectivity index (χ2v) is 9.23. The number of likely N-dealkylation sites (tertiary alicyclic amines) is 1. The summed E-state index contributed by atoms with van der Waals surface area (Å²) in [6, 6.07) is 17.0. The number of ether oxygens (including phenoxy) is 1. The Morgan fingerprint density at radius 3 is 2.29 bits per heavy atom. The number of para-hydroxylation sites is 1. The first-order valence-electron chi connectivity index (χ1n) is 13.8. The number of amidine groups is 1. The van der Waals surface area contributed by atoms with E-state index in [-0.39, 0.29) is 17.8 Å². The number of aromatic nitrogens is 2. The van der Waals surface area contributed by atoms with Crippen LogP contribution >= 0.6 is 11.6 Å². The lowest BCUT2D eigenvalue weighted by Gasteiger charge is -2.32. The molecule has 9 nitrogen and oxygen atoms in total. The molecule has 42 heavy (non-hydrogen) atoms. The van der Waals surface area contributed by atoms with Crippen LogP contribution in [0.4, 0.5) is 5.82 Å². The van der Waals surface area contributed by atoms with Crippen molar-refractivity contribution in [2.45, 2.75) is 46.1 Å². The molecular weight excluding hydrogens is 552 g/mol. The smallest absolute Gasteiger partial charge is 0.246 e. The molecule has 0 radical (unpaired) electrons. The number of piperidine rings is 1. The van der Waals surface area contributed by atoms with E-state index in [9.17, 15) is 9.59 Å². The first-order chi connectivity index (χ1) is 20.3. The van der Waals surface area contributed by atoms with Crippen LogP contribution in [0, 0.1) is 5.41 Å². The average Bonchev–Trinajstić information content (AvgIpc) is 3.41. The van der Waals surface area contributed by atoms with Crippen molar-refractivity contribution in [2.75, 3.05) is 13.1 Å².